The number of aromatic nitrogens is 1. The molecule has 0 saturated carbocycles. The average Bonchev–Trinajstić information content (AvgIpc) is 2.95. The lowest BCUT2D eigenvalue weighted by Gasteiger charge is -2.11. The van der Waals surface area contributed by atoms with Crippen molar-refractivity contribution in [3.05, 3.63) is 77.4 Å². The average molecular weight is 397 g/mol. The lowest BCUT2D eigenvalue weighted by molar-refractivity contribution is -0.274. The number of nitrogens with two attached hydrogens (primary N) is 1. The van der Waals surface area contributed by atoms with Crippen molar-refractivity contribution >= 4 is 27.7 Å². The van der Waals surface area contributed by atoms with Gasteiger partial charge in [0.2, 0.25) is 5.91 Å². The number of fused-ring (bicyclic) bond motifs is 3. The molecule has 0 aliphatic carbocycles. The first kappa shape index (κ1) is 18.9. The molecule has 4 aromatic rings. The molecule has 147 valence electrons. The van der Waals surface area contributed by atoms with Crippen LogP contribution in [-0.4, -0.2) is 16.8 Å². The van der Waals surface area contributed by atoms with E-state index in [0.29, 0.717) is 17.5 Å². The van der Waals surface area contributed by atoms with Crippen LogP contribution in [0, 0.1) is 13.0 Å². The molecular formula is C22H16F3N2O2. The predicted octanol–water partition coefficient (Wildman–Crippen LogP) is 4.95. The molecule has 0 saturated heterocycles. The van der Waals surface area contributed by atoms with E-state index in [2.05, 4.69) is 10.8 Å². The van der Waals surface area contributed by atoms with Gasteiger partial charge in [-0.05, 0) is 54.4 Å². The molecule has 4 nitrogen and oxygen atoms in total. The van der Waals surface area contributed by atoms with Crippen LogP contribution in [-0.2, 0) is 6.54 Å². The topological polar surface area (TPSA) is 57.2 Å². The van der Waals surface area contributed by atoms with E-state index in [4.69, 9.17) is 5.73 Å². The largest absolute Gasteiger partial charge is 0.573 e. The minimum atomic E-state index is -4.73. The highest BCUT2D eigenvalue weighted by Gasteiger charge is 2.31. The highest BCUT2D eigenvalue weighted by Crippen LogP contribution is 2.33. The second kappa shape index (κ2) is 6.84. The summed E-state index contributed by atoms with van der Waals surface area (Å²) in [6.07, 6.45) is -4.73. The minimum Gasteiger partial charge on any atom is -0.406 e. The van der Waals surface area contributed by atoms with Gasteiger partial charge >= 0.3 is 6.36 Å². The number of halogens is 3. The van der Waals surface area contributed by atoms with Crippen LogP contribution in [0.25, 0.3) is 21.8 Å². The van der Waals surface area contributed by atoms with Gasteiger partial charge in [-0.2, -0.15) is 0 Å². The Kier molecular flexibility index (Phi) is 4.45. The Balaban J connectivity index is 1.83. The van der Waals surface area contributed by atoms with Gasteiger partial charge in [0.15, 0.2) is 0 Å². The van der Waals surface area contributed by atoms with Crippen molar-refractivity contribution in [1.82, 2.24) is 4.57 Å². The van der Waals surface area contributed by atoms with Gasteiger partial charge in [-0.1, -0.05) is 24.3 Å². The van der Waals surface area contributed by atoms with E-state index in [9.17, 15) is 18.0 Å². The normalized spacial score (nSPS) is 11.9. The van der Waals surface area contributed by atoms with Crippen LogP contribution >= 0.6 is 0 Å². The Labute approximate surface area is 164 Å². The Hall–Kier alpha value is -3.48. The molecule has 1 heterocycles. The van der Waals surface area contributed by atoms with Crippen LogP contribution in [0.5, 0.6) is 5.75 Å². The summed E-state index contributed by atoms with van der Waals surface area (Å²) in [6.45, 7) is 2.34. The SMILES string of the molecule is Cc1c[c]c2c3c(C(N)=O)cccc3n(Cc3ccc(OC(F)(F)F)cc3)c2c1. The number of alkyl halides is 3. The standard InChI is InChI=1S/C22H16F3N2O2/c1-13-5-10-16-19(11-13)27(18-4-2-3-17(20(16)18)21(26)28)12-14-6-8-15(9-7-14)29-22(23,24)25/h2-9,11H,12H2,1H3,(H2,26,28). The maximum absolute atomic E-state index is 12.4. The molecule has 2 N–H and O–H groups in total. The number of benzene rings is 3. The van der Waals surface area contributed by atoms with Crippen molar-refractivity contribution < 1.29 is 22.7 Å². The minimum absolute atomic E-state index is 0.274. The smallest absolute Gasteiger partial charge is 0.406 e. The van der Waals surface area contributed by atoms with Crippen LogP contribution in [0.4, 0.5) is 13.2 Å². The lowest BCUT2D eigenvalue weighted by Crippen LogP contribution is -2.17. The number of rotatable bonds is 4. The predicted molar refractivity (Wildman–Crippen MR) is 104 cm³/mol. The first-order chi connectivity index (χ1) is 13.7. The quantitative estimate of drug-likeness (QED) is 0.530. The maximum Gasteiger partial charge on any atom is 0.573 e. The van der Waals surface area contributed by atoms with E-state index in [-0.39, 0.29) is 5.75 Å². The number of aryl methyl sites for hydroxylation is 1. The summed E-state index contributed by atoms with van der Waals surface area (Å²) >= 11 is 0. The number of ether oxygens (including phenoxy) is 1. The van der Waals surface area contributed by atoms with E-state index >= 15 is 0 Å². The van der Waals surface area contributed by atoms with Crippen molar-refractivity contribution in [2.45, 2.75) is 19.8 Å². The second-order valence-corrected chi connectivity index (χ2v) is 6.78. The molecule has 1 aromatic heterocycles. The van der Waals surface area contributed by atoms with Crippen molar-refractivity contribution in [3.63, 3.8) is 0 Å². The Morgan fingerprint density at radius 3 is 2.52 bits per heavy atom. The van der Waals surface area contributed by atoms with Crippen LogP contribution in [0.1, 0.15) is 21.5 Å². The third-order valence-corrected chi connectivity index (χ3v) is 4.70. The molecule has 7 heteroatoms. The molecule has 1 radical (unpaired) electrons. The van der Waals surface area contributed by atoms with Crippen molar-refractivity contribution in [2.24, 2.45) is 5.73 Å². The Morgan fingerprint density at radius 1 is 1.14 bits per heavy atom. The summed E-state index contributed by atoms with van der Waals surface area (Å²) in [4.78, 5) is 11.9. The first-order valence-corrected chi connectivity index (χ1v) is 8.81. The summed E-state index contributed by atoms with van der Waals surface area (Å²) in [5.41, 5.74) is 9.41. The number of amides is 1. The number of hydrogen-bond acceptors (Lipinski definition) is 2. The molecule has 4 rings (SSSR count). The van der Waals surface area contributed by atoms with Crippen LogP contribution < -0.4 is 10.5 Å². The van der Waals surface area contributed by atoms with Crippen molar-refractivity contribution in [1.29, 1.82) is 0 Å². The third kappa shape index (κ3) is 3.63. The van der Waals surface area contributed by atoms with E-state index in [1.165, 1.54) is 12.1 Å². The van der Waals surface area contributed by atoms with Gasteiger partial charge in [0, 0.05) is 22.9 Å². The lowest BCUT2D eigenvalue weighted by atomic mass is 10.1. The van der Waals surface area contributed by atoms with Gasteiger partial charge in [-0.25, -0.2) is 0 Å². The van der Waals surface area contributed by atoms with E-state index in [1.807, 2.05) is 29.7 Å². The summed E-state index contributed by atoms with van der Waals surface area (Å²) in [6, 6.07) is 18.1. The van der Waals surface area contributed by atoms with Gasteiger partial charge in [0.05, 0.1) is 11.0 Å². The molecule has 0 aliphatic heterocycles. The molecule has 0 aliphatic rings. The van der Waals surface area contributed by atoms with Gasteiger partial charge in [0.25, 0.3) is 0 Å². The molecule has 0 bridgehead atoms. The van der Waals surface area contributed by atoms with E-state index in [1.54, 1.807) is 24.3 Å². The highest BCUT2D eigenvalue weighted by atomic mass is 19.4. The first-order valence-electron chi connectivity index (χ1n) is 8.81. The molecule has 0 atom stereocenters. The molecule has 0 spiro atoms. The number of primary amides is 1. The van der Waals surface area contributed by atoms with Crippen LogP contribution in [0.15, 0.2) is 54.6 Å². The van der Waals surface area contributed by atoms with E-state index < -0.39 is 12.3 Å². The molecule has 3 aromatic carbocycles. The summed E-state index contributed by atoms with van der Waals surface area (Å²) in [7, 11) is 0. The summed E-state index contributed by atoms with van der Waals surface area (Å²) in [5.74, 6) is -0.805. The highest BCUT2D eigenvalue weighted by molar-refractivity contribution is 6.17. The molecule has 29 heavy (non-hydrogen) atoms. The monoisotopic (exact) mass is 397 g/mol. The Bertz CT molecular complexity index is 1220. The number of hydrogen-bond donors (Lipinski definition) is 1. The summed E-state index contributed by atoms with van der Waals surface area (Å²) < 4.78 is 43.0. The molecule has 1 amide bonds. The van der Waals surface area contributed by atoms with Crippen molar-refractivity contribution in [3.8, 4) is 5.75 Å². The van der Waals surface area contributed by atoms with Gasteiger partial charge in [-0.3, -0.25) is 4.79 Å². The van der Waals surface area contributed by atoms with E-state index in [0.717, 1.165) is 27.5 Å². The fraction of sp³-hybridized carbons (Fsp3) is 0.136. The Morgan fingerprint density at radius 2 is 1.86 bits per heavy atom. The number of carbonyl (C=O) groups excluding carboxylic acids is 1. The maximum atomic E-state index is 12.4. The zero-order valence-corrected chi connectivity index (χ0v) is 15.4. The number of nitrogens with zero attached hydrogens (tertiary/aromatic N) is 1. The van der Waals surface area contributed by atoms with Crippen LogP contribution in [0.3, 0.4) is 0 Å². The van der Waals surface area contributed by atoms with Gasteiger partial charge < -0.3 is 15.0 Å². The summed E-state index contributed by atoms with van der Waals surface area (Å²) in [5, 5.41) is 1.49. The molecule has 0 fully saturated rings. The zero-order chi connectivity index (χ0) is 20.8. The second-order valence-electron chi connectivity index (χ2n) is 6.78. The molecular weight excluding hydrogens is 381 g/mol. The zero-order valence-electron chi connectivity index (χ0n) is 15.4. The fourth-order valence-corrected chi connectivity index (χ4v) is 3.51. The molecule has 0 unspecified atom stereocenters. The van der Waals surface area contributed by atoms with Gasteiger partial charge in [-0.15, -0.1) is 13.2 Å². The van der Waals surface area contributed by atoms with Crippen LogP contribution in [0.2, 0.25) is 0 Å². The fourth-order valence-electron chi connectivity index (χ4n) is 3.51. The van der Waals surface area contributed by atoms with Crippen molar-refractivity contribution in [2.75, 3.05) is 0 Å². The third-order valence-electron chi connectivity index (χ3n) is 4.70. The number of carbonyl (C=O) groups is 1. The van der Waals surface area contributed by atoms with Gasteiger partial charge in [0.1, 0.15) is 5.75 Å².